The van der Waals surface area contributed by atoms with Gasteiger partial charge in [-0.25, -0.2) is 9.97 Å². The largest absolute Gasteiger partial charge is 0.496 e. The molecule has 6 nitrogen and oxygen atoms in total. The maximum atomic E-state index is 5.41. The fourth-order valence-electron chi connectivity index (χ4n) is 3.48. The average molecular weight is 375 g/mol. The smallest absolute Gasteiger partial charge is 0.134 e. The minimum atomic E-state index is 0.655. The number of nitrogens with one attached hydrogen (secondary N) is 1. The molecule has 2 heterocycles. The molecule has 0 bridgehead atoms. The van der Waals surface area contributed by atoms with Crippen molar-refractivity contribution in [3.63, 3.8) is 0 Å². The number of ether oxygens (including phenoxy) is 1. The van der Waals surface area contributed by atoms with Gasteiger partial charge in [-0.2, -0.15) is 0 Å². The number of benzene rings is 2. The van der Waals surface area contributed by atoms with Crippen molar-refractivity contribution in [3.8, 4) is 5.75 Å². The van der Waals surface area contributed by atoms with Crippen LogP contribution in [-0.2, 0) is 6.54 Å². The van der Waals surface area contributed by atoms with Gasteiger partial charge in [-0.15, -0.1) is 0 Å². The first kappa shape index (κ1) is 18.1. The predicted molar refractivity (Wildman–Crippen MR) is 113 cm³/mol. The van der Waals surface area contributed by atoms with Crippen LogP contribution in [-0.4, -0.2) is 43.3 Å². The number of anilines is 3. The van der Waals surface area contributed by atoms with E-state index in [0.717, 1.165) is 49.1 Å². The number of piperazine rings is 1. The molecule has 28 heavy (non-hydrogen) atoms. The van der Waals surface area contributed by atoms with E-state index in [1.165, 1.54) is 5.69 Å². The van der Waals surface area contributed by atoms with E-state index >= 15 is 0 Å². The van der Waals surface area contributed by atoms with Crippen LogP contribution in [0.4, 0.5) is 17.3 Å². The van der Waals surface area contributed by atoms with E-state index in [4.69, 9.17) is 4.74 Å². The second-order valence-corrected chi connectivity index (χ2v) is 6.74. The van der Waals surface area contributed by atoms with E-state index in [-0.39, 0.29) is 0 Å². The van der Waals surface area contributed by atoms with Crippen molar-refractivity contribution >= 4 is 17.3 Å². The van der Waals surface area contributed by atoms with Gasteiger partial charge in [0.2, 0.25) is 0 Å². The summed E-state index contributed by atoms with van der Waals surface area (Å²) in [5.74, 6) is 2.66. The van der Waals surface area contributed by atoms with E-state index in [0.29, 0.717) is 6.54 Å². The van der Waals surface area contributed by atoms with Crippen LogP contribution in [0.3, 0.4) is 0 Å². The van der Waals surface area contributed by atoms with E-state index in [1.807, 2.05) is 24.3 Å². The molecule has 1 N–H and O–H groups in total. The second-order valence-electron chi connectivity index (χ2n) is 6.74. The zero-order chi connectivity index (χ0) is 19.2. The first-order valence-corrected chi connectivity index (χ1v) is 9.56. The number of methoxy groups -OCH3 is 1. The first-order chi connectivity index (χ1) is 13.8. The zero-order valence-electron chi connectivity index (χ0n) is 16.1. The fourth-order valence-corrected chi connectivity index (χ4v) is 3.48. The maximum Gasteiger partial charge on any atom is 0.134 e. The number of aromatic nitrogens is 2. The predicted octanol–water partition coefficient (Wildman–Crippen LogP) is 3.42. The van der Waals surface area contributed by atoms with E-state index in [2.05, 4.69) is 61.5 Å². The quantitative estimate of drug-likeness (QED) is 0.712. The van der Waals surface area contributed by atoms with Crippen molar-refractivity contribution in [3.05, 3.63) is 72.6 Å². The Kier molecular flexibility index (Phi) is 5.56. The lowest BCUT2D eigenvalue weighted by Crippen LogP contribution is -2.46. The molecule has 2 aromatic carbocycles. The fraction of sp³-hybridized carbons (Fsp3) is 0.273. The van der Waals surface area contributed by atoms with Gasteiger partial charge in [-0.05, 0) is 18.2 Å². The average Bonchev–Trinajstić information content (AvgIpc) is 2.79. The van der Waals surface area contributed by atoms with E-state index in [9.17, 15) is 0 Å². The third-order valence-electron chi connectivity index (χ3n) is 5.03. The third-order valence-corrected chi connectivity index (χ3v) is 5.03. The van der Waals surface area contributed by atoms with Gasteiger partial charge < -0.3 is 19.9 Å². The van der Waals surface area contributed by atoms with Gasteiger partial charge in [0.15, 0.2) is 0 Å². The molecule has 0 atom stereocenters. The topological polar surface area (TPSA) is 53.5 Å². The number of para-hydroxylation sites is 2. The van der Waals surface area contributed by atoms with Gasteiger partial charge in [0, 0.05) is 50.0 Å². The zero-order valence-corrected chi connectivity index (χ0v) is 16.1. The second kappa shape index (κ2) is 8.61. The van der Waals surface area contributed by atoms with Crippen LogP contribution in [0, 0.1) is 0 Å². The minimum Gasteiger partial charge on any atom is -0.496 e. The molecule has 1 aliphatic rings. The molecule has 0 amide bonds. The molecule has 1 aliphatic heterocycles. The summed E-state index contributed by atoms with van der Waals surface area (Å²) in [5, 5.41) is 3.38. The standard InChI is InChI=1S/C22H25N5O/c1-28-20-10-6-5-7-18(20)16-23-21-15-22(25-17-24-21)27-13-11-26(12-14-27)19-8-3-2-4-9-19/h2-10,15,17H,11-14,16H2,1H3,(H,23,24,25). The molecule has 0 radical (unpaired) electrons. The van der Waals surface area contributed by atoms with Gasteiger partial charge in [0.05, 0.1) is 7.11 Å². The molecule has 4 rings (SSSR count). The van der Waals surface area contributed by atoms with Crippen molar-refractivity contribution in [2.24, 2.45) is 0 Å². The molecular formula is C22H25N5O. The van der Waals surface area contributed by atoms with Gasteiger partial charge >= 0.3 is 0 Å². The molecule has 0 aliphatic carbocycles. The van der Waals surface area contributed by atoms with Crippen molar-refractivity contribution in [1.29, 1.82) is 0 Å². The Labute approximate surface area is 165 Å². The number of hydrogen-bond acceptors (Lipinski definition) is 6. The van der Waals surface area contributed by atoms with E-state index < -0.39 is 0 Å². The molecule has 0 unspecified atom stereocenters. The highest BCUT2D eigenvalue weighted by atomic mass is 16.5. The summed E-state index contributed by atoms with van der Waals surface area (Å²) in [6, 6.07) is 20.6. The Morgan fingerprint density at radius 2 is 1.61 bits per heavy atom. The van der Waals surface area contributed by atoms with Crippen LogP contribution in [0.15, 0.2) is 67.0 Å². The molecule has 3 aromatic rings. The van der Waals surface area contributed by atoms with E-state index in [1.54, 1.807) is 13.4 Å². The molecule has 0 saturated carbocycles. The maximum absolute atomic E-state index is 5.41. The number of nitrogens with zero attached hydrogens (tertiary/aromatic N) is 4. The molecule has 1 fully saturated rings. The third kappa shape index (κ3) is 4.17. The van der Waals surface area contributed by atoms with Crippen molar-refractivity contribution in [2.75, 3.05) is 48.4 Å². The Balaban J connectivity index is 1.38. The summed E-state index contributed by atoms with van der Waals surface area (Å²) in [7, 11) is 1.69. The molecule has 6 heteroatoms. The normalized spacial score (nSPS) is 14.0. The highest BCUT2D eigenvalue weighted by Gasteiger charge is 2.18. The Morgan fingerprint density at radius 3 is 2.39 bits per heavy atom. The Hall–Kier alpha value is -3.28. The van der Waals surface area contributed by atoms with Crippen LogP contribution in [0.2, 0.25) is 0 Å². The molecule has 0 spiro atoms. The minimum absolute atomic E-state index is 0.655. The van der Waals surface area contributed by atoms with Gasteiger partial charge in [-0.3, -0.25) is 0 Å². The summed E-state index contributed by atoms with van der Waals surface area (Å²) in [6.45, 7) is 4.51. The van der Waals surface area contributed by atoms with Crippen molar-refractivity contribution in [1.82, 2.24) is 9.97 Å². The highest BCUT2D eigenvalue weighted by molar-refractivity contribution is 5.52. The van der Waals surface area contributed by atoms with Crippen LogP contribution in [0.5, 0.6) is 5.75 Å². The number of rotatable bonds is 6. The molecule has 1 aromatic heterocycles. The van der Waals surface area contributed by atoms with Crippen LogP contribution < -0.4 is 19.9 Å². The summed E-state index contributed by atoms with van der Waals surface area (Å²) in [5.41, 5.74) is 2.38. The molecular weight excluding hydrogens is 350 g/mol. The first-order valence-electron chi connectivity index (χ1n) is 9.56. The summed E-state index contributed by atoms with van der Waals surface area (Å²) < 4.78 is 5.41. The van der Waals surface area contributed by atoms with Crippen LogP contribution in [0.1, 0.15) is 5.56 Å². The Morgan fingerprint density at radius 1 is 0.893 bits per heavy atom. The van der Waals surface area contributed by atoms with Gasteiger partial charge in [-0.1, -0.05) is 36.4 Å². The van der Waals surface area contributed by atoms with Crippen LogP contribution in [0.25, 0.3) is 0 Å². The Bertz CT molecular complexity index is 894. The SMILES string of the molecule is COc1ccccc1CNc1cc(N2CCN(c3ccccc3)CC2)ncn1. The highest BCUT2D eigenvalue weighted by Crippen LogP contribution is 2.22. The van der Waals surface area contributed by atoms with Crippen molar-refractivity contribution < 1.29 is 4.74 Å². The summed E-state index contributed by atoms with van der Waals surface area (Å²) in [6.07, 6.45) is 1.63. The lowest BCUT2D eigenvalue weighted by molar-refractivity contribution is 0.410. The van der Waals surface area contributed by atoms with Gasteiger partial charge in [0.1, 0.15) is 23.7 Å². The number of hydrogen-bond donors (Lipinski definition) is 1. The lowest BCUT2D eigenvalue weighted by atomic mass is 10.2. The summed E-state index contributed by atoms with van der Waals surface area (Å²) in [4.78, 5) is 13.6. The molecule has 144 valence electrons. The molecule has 1 saturated heterocycles. The van der Waals surface area contributed by atoms with Crippen LogP contribution >= 0.6 is 0 Å². The monoisotopic (exact) mass is 375 g/mol. The van der Waals surface area contributed by atoms with Gasteiger partial charge in [0.25, 0.3) is 0 Å². The summed E-state index contributed by atoms with van der Waals surface area (Å²) >= 11 is 0. The van der Waals surface area contributed by atoms with Crippen molar-refractivity contribution in [2.45, 2.75) is 6.54 Å². The lowest BCUT2D eigenvalue weighted by Gasteiger charge is -2.36.